The van der Waals surface area contributed by atoms with Gasteiger partial charge in [-0.25, -0.2) is 0 Å². The third-order valence-electron chi connectivity index (χ3n) is 3.35. The lowest BCUT2D eigenvalue weighted by Crippen LogP contribution is -2.31. The van der Waals surface area contributed by atoms with Gasteiger partial charge in [0.1, 0.15) is 5.75 Å². The summed E-state index contributed by atoms with van der Waals surface area (Å²) in [5.41, 5.74) is 0.146. The molecule has 17 heavy (non-hydrogen) atoms. The summed E-state index contributed by atoms with van der Waals surface area (Å²) in [5.74, 6) is 0.808. The van der Waals surface area contributed by atoms with Gasteiger partial charge >= 0.3 is 0 Å². The average molecular weight is 251 g/mol. The monoisotopic (exact) mass is 251 g/mol. The number of fused-ring (bicyclic) bond motifs is 1. The first-order valence-corrected chi connectivity index (χ1v) is 6.67. The second kappa shape index (κ2) is 3.91. The Labute approximate surface area is 103 Å². The predicted octanol–water partition coefficient (Wildman–Crippen LogP) is 3.74. The predicted molar refractivity (Wildman–Crippen MR) is 65.4 cm³/mol. The lowest BCUT2D eigenvalue weighted by Gasteiger charge is -2.31. The maximum atomic E-state index is 10.7. The smallest absolute Gasteiger partial charge is 0.270 e. The van der Waals surface area contributed by atoms with E-state index in [1.54, 1.807) is 23.9 Å². The summed E-state index contributed by atoms with van der Waals surface area (Å²) in [5, 5.41) is 10.7. The quantitative estimate of drug-likeness (QED) is 0.563. The summed E-state index contributed by atoms with van der Waals surface area (Å²) < 4.78 is 6.01. The number of nitro groups is 1. The van der Waals surface area contributed by atoms with E-state index in [1.807, 2.05) is 0 Å². The molecule has 3 rings (SSSR count). The number of benzene rings is 1. The van der Waals surface area contributed by atoms with Crippen LogP contribution < -0.4 is 4.74 Å². The molecule has 1 saturated carbocycles. The van der Waals surface area contributed by atoms with E-state index in [9.17, 15) is 10.1 Å². The van der Waals surface area contributed by atoms with Crippen LogP contribution in [-0.4, -0.2) is 9.86 Å². The van der Waals surface area contributed by atoms with E-state index in [1.165, 1.54) is 25.3 Å². The minimum atomic E-state index is -0.354. The van der Waals surface area contributed by atoms with Crippen molar-refractivity contribution >= 4 is 17.4 Å². The Morgan fingerprint density at radius 3 is 2.76 bits per heavy atom. The second-order valence-corrected chi connectivity index (χ2v) is 5.95. The van der Waals surface area contributed by atoms with Crippen molar-refractivity contribution in [2.45, 2.75) is 41.9 Å². The molecule has 2 aliphatic rings. The van der Waals surface area contributed by atoms with E-state index in [0.717, 1.165) is 23.5 Å². The van der Waals surface area contributed by atoms with Crippen molar-refractivity contribution in [2.24, 2.45) is 0 Å². The molecular weight excluding hydrogens is 238 g/mol. The van der Waals surface area contributed by atoms with Gasteiger partial charge in [0.25, 0.3) is 5.69 Å². The molecule has 1 aromatic carbocycles. The van der Waals surface area contributed by atoms with Gasteiger partial charge in [-0.05, 0) is 31.7 Å². The Balaban J connectivity index is 1.89. The van der Waals surface area contributed by atoms with Crippen LogP contribution in [0, 0.1) is 10.1 Å². The molecule has 0 saturated heterocycles. The van der Waals surface area contributed by atoms with Gasteiger partial charge in [0.05, 0.1) is 9.82 Å². The molecule has 0 N–H and O–H groups in total. The number of nitrogens with zero attached hydrogens (tertiary/aromatic N) is 1. The lowest BCUT2D eigenvalue weighted by molar-refractivity contribution is -0.385. The minimum Gasteiger partial charge on any atom is -0.475 e. The molecule has 1 heterocycles. The number of hydrogen-bond acceptors (Lipinski definition) is 4. The molecule has 5 heteroatoms. The second-order valence-electron chi connectivity index (χ2n) is 4.56. The van der Waals surface area contributed by atoms with Crippen LogP contribution in [0.1, 0.15) is 32.1 Å². The summed E-state index contributed by atoms with van der Waals surface area (Å²) >= 11 is 1.66. The molecular formula is C12H13NO3S. The molecule has 0 unspecified atom stereocenters. The number of ether oxygens (including phenoxy) is 1. The van der Waals surface area contributed by atoms with E-state index in [2.05, 4.69) is 0 Å². The Bertz CT molecular complexity index is 469. The maximum absolute atomic E-state index is 10.7. The van der Waals surface area contributed by atoms with Crippen LogP contribution >= 0.6 is 11.8 Å². The van der Waals surface area contributed by atoms with Crippen molar-refractivity contribution < 1.29 is 9.66 Å². The van der Waals surface area contributed by atoms with Crippen LogP contribution in [-0.2, 0) is 0 Å². The number of rotatable bonds is 1. The van der Waals surface area contributed by atoms with E-state index in [-0.39, 0.29) is 15.5 Å². The number of hydrogen-bond donors (Lipinski definition) is 0. The highest BCUT2D eigenvalue weighted by Gasteiger charge is 2.41. The number of non-ortho nitro benzene ring substituents is 1. The van der Waals surface area contributed by atoms with Crippen LogP contribution in [0.2, 0.25) is 0 Å². The topological polar surface area (TPSA) is 52.4 Å². The third kappa shape index (κ3) is 1.88. The first-order chi connectivity index (χ1) is 8.19. The zero-order chi connectivity index (χ0) is 11.9. The molecule has 0 amide bonds. The maximum Gasteiger partial charge on any atom is 0.270 e. The first kappa shape index (κ1) is 10.9. The highest BCUT2D eigenvalue weighted by Crippen LogP contribution is 2.54. The molecule has 0 radical (unpaired) electrons. The molecule has 1 aliphatic heterocycles. The van der Waals surface area contributed by atoms with Gasteiger partial charge in [0, 0.05) is 12.1 Å². The minimum absolute atomic E-state index is 0.143. The zero-order valence-electron chi connectivity index (χ0n) is 9.35. The van der Waals surface area contributed by atoms with Crippen molar-refractivity contribution in [3.05, 3.63) is 28.3 Å². The van der Waals surface area contributed by atoms with Crippen molar-refractivity contribution in [3.8, 4) is 5.75 Å². The summed E-state index contributed by atoms with van der Waals surface area (Å²) in [6, 6.07) is 4.87. The van der Waals surface area contributed by atoms with Gasteiger partial charge in [-0.15, -0.1) is 0 Å². The Morgan fingerprint density at radius 1 is 1.29 bits per heavy atom. The van der Waals surface area contributed by atoms with Crippen molar-refractivity contribution in [1.82, 2.24) is 0 Å². The summed E-state index contributed by atoms with van der Waals surface area (Å²) in [6.45, 7) is 0. The van der Waals surface area contributed by atoms with E-state index in [0.29, 0.717) is 0 Å². The average Bonchev–Trinajstić information content (AvgIpc) is 2.66. The van der Waals surface area contributed by atoms with Gasteiger partial charge in [-0.3, -0.25) is 10.1 Å². The first-order valence-electron chi connectivity index (χ1n) is 5.85. The van der Waals surface area contributed by atoms with E-state index < -0.39 is 0 Å². The van der Waals surface area contributed by atoms with Crippen LogP contribution in [0.5, 0.6) is 5.75 Å². The summed E-state index contributed by atoms with van der Waals surface area (Å²) in [6.07, 6.45) is 5.72. The van der Waals surface area contributed by atoms with Gasteiger partial charge in [0.15, 0.2) is 4.93 Å². The molecule has 1 aliphatic carbocycles. The highest BCUT2D eigenvalue weighted by atomic mass is 32.2. The fraction of sp³-hybridized carbons (Fsp3) is 0.500. The Kier molecular flexibility index (Phi) is 2.50. The number of thioether (sulfide) groups is 1. The molecule has 1 aromatic rings. The van der Waals surface area contributed by atoms with Gasteiger partial charge in [-0.1, -0.05) is 18.2 Å². The van der Waals surface area contributed by atoms with Gasteiger partial charge < -0.3 is 4.74 Å². The molecule has 90 valence electrons. The van der Waals surface area contributed by atoms with Gasteiger partial charge in [-0.2, -0.15) is 0 Å². The van der Waals surface area contributed by atoms with Crippen molar-refractivity contribution in [2.75, 3.05) is 0 Å². The summed E-state index contributed by atoms with van der Waals surface area (Å²) in [7, 11) is 0. The van der Waals surface area contributed by atoms with E-state index in [4.69, 9.17) is 4.74 Å². The van der Waals surface area contributed by atoms with Crippen LogP contribution in [0.4, 0.5) is 5.69 Å². The van der Waals surface area contributed by atoms with Crippen LogP contribution in [0.25, 0.3) is 0 Å². The Hall–Kier alpha value is -1.23. The Morgan fingerprint density at radius 2 is 2.06 bits per heavy atom. The standard InChI is InChI=1S/C12H13NO3S/c14-13(15)9-4-5-10-11(8-9)17-12(16-10)6-2-1-3-7-12/h4-5,8H,1-3,6-7H2. The fourth-order valence-corrected chi connectivity index (χ4v) is 3.91. The largest absolute Gasteiger partial charge is 0.475 e. The summed E-state index contributed by atoms with van der Waals surface area (Å²) in [4.78, 5) is 11.1. The third-order valence-corrected chi connectivity index (χ3v) is 4.75. The lowest BCUT2D eigenvalue weighted by atomic mass is 9.97. The van der Waals surface area contributed by atoms with Crippen LogP contribution in [0.15, 0.2) is 23.1 Å². The normalized spacial score (nSPS) is 20.9. The zero-order valence-corrected chi connectivity index (χ0v) is 10.2. The molecule has 0 bridgehead atoms. The molecule has 4 nitrogen and oxygen atoms in total. The molecule has 1 spiro atoms. The van der Waals surface area contributed by atoms with Crippen molar-refractivity contribution in [3.63, 3.8) is 0 Å². The SMILES string of the molecule is O=[N+]([O-])c1ccc2c(c1)SC1(CCCCC1)O2. The van der Waals surface area contributed by atoms with Gasteiger partial charge in [0.2, 0.25) is 0 Å². The van der Waals surface area contributed by atoms with Crippen molar-refractivity contribution in [1.29, 1.82) is 0 Å². The molecule has 1 fully saturated rings. The molecule has 0 atom stereocenters. The van der Waals surface area contributed by atoms with E-state index >= 15 is 0 Å². The fourth-order valence-electron chi connectivity index (χ4n) is 2.49. The van der Waals surface area contributed by atoms with Crippen LogP contribution in [0.3, 0.4) is 0 Å². The molecule has 0 aromatic heterocycles. The number of nitro benzene ring substituents is 1. The highest BCUT2D eigenvalue weighted by molar-refractivity contribution is 8.00.